The molecule has 9 nitrogen and oxygen atoms in total. The standard InChI is InChI=1S/C53H73I6N3O6/c1-31(2)8-6-9-32(3)38-15-16-39-35-12-11-33-28-34(19-21-52(33,4)40(35)20-22-53(38,39)5)68-47(65)10-7-23-62(24-26-66-45(63)17-13-36-41(54)29-43(56)50(60)48(36)58)25-27-67-46(64)18-14-37-42(55)30-44(57)51(61)49(37)59/h11,29-32,34-35,38-40H,6-10,12-28,60-61H2,1-5H3/t32-,34+,35?,38-,39?,40?,52+,53-/m1/s1. The number of rotatable bonds is 22. The predicted octanol–water partition coefficient (Wildman–Crippen LogP) is 14.2. The van der Waals surface area contributed by atoms with Crippen LogP contribution in [0.1, 0.15) is 142 Å². The number of ether oxygens (including phenoxy) is 3. The molecule has 0 heterocycles. The second-order valence-corrected chi connectivity index (χ2v) is 27.9. The highest BCUT2D eigenvalue weighted by molar-refractivity contribution is 14.1. The molecule has 3 fully saturated rings. The first kappa shape index (κ1) is 57.8. The Morgan fingerprint density at radius 2 is 1.29 bits per heavy atom. The molecule has 4 aliphatic carbocycles. The van der Waals surface area contributed by atoms with E-state index in [2.05, 4.69) is 181 Å². The third-order valence-electron chi connectivity index (χ3n) is 16.5. The molecule has 3 unspecified atom stereocenters. The van der Waals surface area contributed by atoms with Gasteiger partial charge in [0.05, 0.1) is 11.4 Å². The van der Waals surface area contributed by atoms with E-state index in [9.17, 15) is 14.4 Å². The van der Waals surface area contributed by atoms with E-state index >= 15 is 0 Å². The molecule has 6 rings (SSSR count). The molecule has 0 aliphatic heterocycles. The smallest absolute Gasteiger partial charge is 0.306 e. The molecule has 0 aromatic heterocycles. The largest absolute Gasteiger partial charge is 0.464 e. The number of carbonyl (C=O) groups excluding carboxylic acids is 3. The molecule has 0 amide bonds. The van der Waals surface area contributed by atoms with Crippen molar-refractivity contribution in [3.63, 3.8) is 0 Å². The monoisotopic (exact) mass is 1610 g/mol. The Hall–Kier alpha value is 0.530. The van der Waals surface area contributed by atoms with Gasteiger partial charge in [-0.1, -0.05) is 65.5 Å². The second-order valence-electron chi connectivity index (χ2n) is 21.1. The molecule has 0 spiro atoms. The number of halogens is 6. The molecule has 3 saturated carbocycles. The lowest BCUT2D eigenvalue weighted by Crippen LogP contribution is -2.51. The van der Waals surface area contributed by atoms with Crippen LogP contribution >= 0.6 is 136 Å². The minimum Gasteiger partial charge on any atom is -0.464 e. The molecule has 0 radical (unpaired) electrons. The summed E-state index contributed by atoms with van der Waals surface area (Å²) in [6.07, 6.45) is 18.7. The van der Waals surface area contributed by atoms with Gasteiger partial charge < -0.3 is 25.7 Å². The van der Waals surface area contributed by atoms with E-state index in [4.69, 9.17) is 25.7 Å². The fourth-order valence-corrected chi connectivity index (χ4v) is 20.5. The number of nitrogens with zero attached hydrogens (tertiary/aromatic N) is 1. The minimum absolute atomic E-state index is 0.0743. The number of benzene rings is 2. The Labute approximate surface area is 489 Å². The number of anilines is 2. The molecule has 4 aliphatic rings. The van der Waals surface area contributed by atoms with Crippen molar-refractivity contribution < 1.29 is 28.6 Å². The zero-order valence-electron chi connectivity index (χ0n) is 40.6. The molecule has 2 aromatic carbocycles. The summed E-state index contributed by atoms with van der Waals surface area (Å²) in [6, 6.07) is 4.08. The van der Waals surface area contributed by atoms with Crippen LogP contribution < -0.4 is 11.5 Å². The van der Waals surface area contributed by atoms with Crippen LogP contribution in [0.3, 0.4) is 0 Å². The zero-order chi connectivity index (χ0) is 49.5. The lowest BCUT2D eigenvalue weighted by atomic mass is 9.47. The van der Waals surface area contributed by atoms with Gasteiger partial charge in [0.2, 0.25) is 0 Å². The van der Waals surface area contributed by atoms with E-state index in [1.165, 1.54) is 56.9 Å². The number of hydrogen-bond donors (Lipinski definition) is 2. The van der Waals surface area contributed by atoms with Crippen LogP contribution in [0.15, 0.2) is 23.8 Å². The van der Waals surface area contributed by atoms with Crippen molar-refractivity contribution >= 4 is 165 Å². The fraction of sp³-hybridized carbons (Fsp3) is 0.679. The Kier molecular flexibility index (Phi) is 22.4. The van der Waals surface area contributed by atoms with Crippen LogP contribution in [0.2, 0.25) is 0 Å². The molecular weight excluding hydrogens is 1540 g/mol. The van der Waals surface area contributed by atoms with Crippen LogP contribution in [0.5, 0.6) is 0 Å². The maximum Gasteiger partial charge on any atom is 0.306 e. The van der Waals surface area contributed by atoms with Crippen LogP contribution in [0.25, 0.3) is 0 Å². The number of allylic oxidation sites excluding steroid dienone is 1. The molecule has 68 heavy (non-hydrogen) atoms. The molecule has 0 bridgehead atoms. The van der Waals surface area contributed by atoms with Crippen LogP contribution in [-0.4, -0.2) is 61.8 Å². The van der Waals surface area contributed by atoms with Crippen molar-refractivity contribution in [2.45, 2.75) is 150 Å². The van der Waals surface area contributed by atoms with Crippen molar-refractivity contribution in [2.24, 2.45) is 46.3 Å². The number of nitrogen functional groups attached to an aromatic ring is 2. The van der Waals surface area contributed by atoms with Crippen molar-refractivity contribution in [3.8, 4) is 0 Å². The summed E-state index contributed by atoms with van der Waals surface area (Å²) in [5.41, 5.74) is 18.4. The first-order valence-electron chi connectivity index (χ1n) is 25.0. The second kappa shape index (κ2) is 26.3. The van der Waals surface area contributed by atoms with E-state index in [1.54, 1.807) is 0 Å². The SMILES string of the molecule is CC(C)CCC[C@@H](C)[C@H]1CCC2C3CC=C4C[C@@H](OC(=O)CCCN(CCOC(=O)CCc5c(I)cc(I)c(N)c5I)CCOC(=O)CCc5c(I)cc(I)c(N)c5I)CC[C@]4(C)C3CC[C@@]21C. The van der Waals surface area contributed by atoms with Gasteiger partial charge in [-0.25, -0.2) is 0 Å². The van der Waals surface area contributed by atoms with E-state index in [-0.39, 0.29) is 55.5 Å². The normalized spacial score (nSPS) is 25.9. The topological polar surface area (TPSA) is 134 Å². The molecule has 378 valence electrons. The van der Waals surface area contributed by atoms with Gasteiger partial charge in [-0.2, -0.15) is 0 Å². The maximum atomic E-state index is 13.4. The lowest BCUT2D eigenvalue weighted by Gasteiger charge is -2.58. The van der Waals surface area contributed by atoms with Gasteiger partial charge in [-0.3, -0.25) is 19.3 Å². The van der Waals surface area contributed by atoms with Crippen LogP contribution in [-0.2, 0) is 41.4 Å². The predicted molar refractivity (Wildman–Crippen MR) is 325 cm³/mol. The number of esters is 3. The summed E-state index contributed by atoms with van der Waals surface area (Å²) >= 11 is 13.6. The number of fused-ring (bicyclic) bond motifs is 5. The van der Waals surface area contributed by atoms with E-state index in [0.717, 1.165) is 98.7 Å². The summed E-state index contributed by atoms with van der Waals surface area (Å²) in [4.78, 5) is 41.4. The first-order chi connectivity index (χ1) is 32.2. The molecule has 4 N–H and O–H groups in total. The Morgan fingerprint density at radius 3 is 1.87 bits per heavy atom. The van der Waals surface area contributed by atoms with Crippen molar-refractivity contribution in [2.75, 3.05) is 44.3 Å². The molecule has 0 saturated heterocycles. The quantitative estimate of drug-likeness (QED) is 0.0388. The molecular formula is C53H73I6N3O6. The third kappa shape index (κ3) is 14.5. The Morgan fingerprint density at radius 1 is 0.706 bits per heavy atom. The summed E-state index contributed by atoms with van der Waals surface area (Å²) < 4.78 is 23.8. The fourth-order valence-electron chi connectivity index (χ4n) is 12.7. The summed E-state index contributed by atoms with van der Waals surface area (Å²) in [5, 5.41) is 0. The summed E-state index contributed by atoms with van der Waals surface area (Å²) in [7, 11) is 0. The Bertz CT molecular complexity index is 2070. The molecule has 8 atom stereocenters. The highest BCUT2D eigenvalue weighted by Crippen LogP contribution is 2.67. The zero-order valence-corrected chi connectivity index (χ0v) is 53.6. The van der Waals surface area contributed by atoms with E-state index in [0.29, 0.717) is 50.7 Å². The van der Waals surface area contributed by atoms with Gasteiger partial charge in [0.1, 0.15) is 19.3 Å². The number of carbonyl (C=O) groups is 3. The van der Waals surface area contributed by atoms with Gasteiger partial charge in [-0.05, 0) is 276 Å². The molecule has 2 aromatic rings. The third-order valence-corrected chi connectivity index (χ3v) is 22.7. The number of nitrogens with two attached hydrogens (primary N) is 2. The number of hydrogen-bond acceptors (Lipinski definition) is 9. The summed E-state index contributed by atoms with van der Waals surface area (Å²) in [6.45, 7) is 14.4. The summed E-state index contributed by atoms with van der Waals surface area (Å²) in [5.74, 6) is 4.11. The Balaban J connectivity index is 0.984. The van der Waals surface area contributed by atoms with Gasteiger partial charge in [0.25, 0.3) is 0 Å². The first-order valence-corrected chi connectivity index (χ1v) is 31.5. The lowest BCUT2D eigenvalue weighted by molar-refractivity contribution is -0.151. The van der Waals surface area contributed by atoms with Crippen LogP contribution in [0.4, 0.5) is 11.4 Å². The minimum atomic E-state index is -0.275. The van der Waals surface area contributed by atoms with Gasteiger partial charge in [0.15, 0.2) is 0 Å². The average Bonchev–Trinajstić information content (AvgIpc) is 3.64. The maximum absolute atomic E-state index is 13.4. The van der Waals surface area contributed by atoms with Crippen LogP contribution in [0, 0.1) is 67.8 Å². The highest BCUT2D eigenvalue weighted by Gasteiger charge is 2.59. The van der Waals surface area contributed by atoms with E-state index in [1.807, 2.05) is 12.1 Å². The van der Waals surface area contributed by atoms with Gasteiger partial charge in [-0.15, -0.1) is 0 Å². The van der Waals surface area contributed by atoms with Gasteiger partial charge in [0, 0.05) is 60.2 Å². The van der Waals surface area contributed by atoms with Crippen molar-refractivity contribution in [3.05, 3.63) is 56.3 Å². The van der Waals surface area contributed by atoms with E-state index < -0.39 is 0 Å². The highest BCUT2D eigenvalue weighted by atomic mass is 127. The van der Waals surface area contributed by atoms with Crippen molar-refractivity contribution in [1.29, 1.82) is 0 Å². The average molecular weight is 1610 g/mol. The van der Waals surface area contributed by atoms with Gasteiger partial charge >= 0.3 is 17.9 Å². The van der Waals surface area contributed by atoms with Crippen molar-refractivity contribution in [1.82, 2.24) is 4.90 Å². The molecule has 15 heteroatoms.